The number of methoxy groups -OCH3 is 1. The Hall–Kier alpha value is -1.70. The van der Waals surface area contributed by atoms with Gasteiger partial charge in [-0.1, -0.05) is 12.1 Å². The van der Waals surface area contributed by atoms with E-state index in [1.165, 1.54) is 12.6 Å². The molecule has 1 heterocycles. The Morgan fingerprint density at radius 3 is 2.90 bits per heavy atom. The van der Waals surface area contributed by atoms with Gasteiger partial charge in [0.1, 0.15) is 5.69 Å². The van der Waals surface area contributed by atoms with Crippen LogP contribution in [0.2, 0.25) is 0 Å². The molecule has 2 rings (SSSR count). The van der Waals surface area contributed by atoms with Gasteiger partial charge in [-0.15, -0.1) is 0 Å². The van der Waals surface area contributed by atoms with E-state index in [0.717, 1.165) is 5.69 Å². The van der Waals surface area contributed by atoms with Gasteiger partial charge in [-0.05, 0) is 12.1 Å². The van der Waals surface area contributed by atoms with E-state index in [9.17, 15) is 8.42 Å². The summed E-state index contributed by atoms with van der Waals surface area (Å²) in [5.74, 6) is 0.574. The number of hydrogen-bond donors (Lipinski definition) is 1. The maximum Gasteiger partial charge on any atom is 0.181 e. The molecular formula is C14H18N2O4S. The lowest BCUT2D eigenvalue weighted by Gasteiger charge is -2.05. The maximum atomic E-state index is 11.6. The van der Waals surface area contributed by atoms with Crippen LogP contribution >= 0.6 is 0 Å². The van der Waals surface area contributed by atoms with Crippen molar-refractivity contribution in [3.63, 3.8) is 0 Å². The van der Waals surface area contributed by atoms with E-state index in [1.54, 1.807) is 31.4 Å². The van der Waals surface area contributed by atoms with Crippen molar-refractivity contribution < 1.29 is 17.6 Å². The molecular weight excluding hydrogens is 292 g/mol. The summed E-state index contributed by atoms with van der Waals surface area (Å²) in [6.45, 7) is 1.83. The molecule has 0 aliphatic heterocycles. The Kier molecular flexibility index (Phi) is 5.11. The van der Waals surface area contributed by atoms with Crippen molar-refractivity contribution in [3.05, 3.63) is 36.4 Å². The second-order valence-corrected chi connectivity index (χ2v) is 6.61. The van der Waals surface area contributed by atoms with Crippen LogP contribution in [0.15, 0.2) is 40.0 Å². The molecule has 0 fully saturated rings. The zero-order valence-electron chi connectivity index (χ0n) is 12.0. The molecule has 1 aromatic carbocycles. The smallest absolute Gasteiger partial charge is 0.181 e. The zero-order valence-corrected chi connectivity index (χ0v) is 12.8. The highest BCUT2D eigenvalue weighted by Crippen LogP contribution is 2.25. The normalized spacial score (nSPS) is 11.7. The van der Waals surface area contributed by atoms with Gasteiger partial charge in [0.05, 0.1) is 11.5 Å². The number of rotatable bonds is 7. The molecule has 1 aromatic heterocycles. The van der Waals surface area contributed by atoms with Crippen LogP contribution in [0, 0.1) is 0 Å². The third kappa shape index (κ3) is 4.13. The average Bonchev–Trinajstić information content (AvgIpc) is 2.91. The third-order valence-electron chi connectivity index (χ3n) is 2.94. The predicted octanol–water partition coefficient (Wildman–Crippen LogP) is 1.48. The van der Waals surface area contributed by atoms with Gasteiger partial charge >= 0.3 is 0 Å². The van der Waals surface area contributed by atoms with Crippen LogP contribution in [0.4, 0.5) is 0 Å². The average molecular weight is 310 g/mol. The molecule has 21 heavy (non-hydrogen) atoms. The van der Waals surface area contributed by atoms with E-state index < -0.39 is 9.84 Å². The number of nitrogens with one attached hydrogen (secondary N) is 1. The van der Waals surface area contributed by atoms with Crippen LogP contribution in [0.1, 0.15) is 5.69 Å². The number of benzene rings is 1. The number of sulfone groups is 1. The fourth-order valence-corrected chi connectivity index (χ4v) is 2.55. The molecule has 114 valence electrons. The molecule has 0 bridgehead atoms. The highest BCUT2D eigenvalue weighted by molar-refractivity contribution is 7.90. The van der Waals surface area contributed by atoms with Crippen LogP contribution in [0.5, 0.6) is 0 Å². The summed E-state index contributed by atoms with van der Waals surface area (Å²) in [5.41, 5.74) is 1.43. The van der Waals surface area contributed by atoms with Gasteiger partial charge < -0.3 is 14.5 Å². The monoisotopic (exact) mass is 310 g/mol. The standard InChI is InChI=1S/C14H18N2O4S/c1-19-7-6-15-9-13-14(20-10-16-13)11-4-3-5-12(8-11)21(2,17)18/h3-5,8,10,15H,6-7,9H2,1-2H3. The second kappa shape index (κ2) is 6.84. The van der Waals surface area contributed by atoms with Gasteiger partial charge in [-0.3, -0.25) is 0 Å². The molecule has 0 spiro atoms. The number of ether oxygens (including phenoxy) is 1. The predicted molar refractivity (Wildman–Crippen MR) is 78.6 cm³/mol. The minimum absolute atomic E-state index is 0.259. The molecule has 1 N–H and O–H groups in total. The highest BCUT2D eigenvalue weighted by atomic mass is 32.2. The summed E-state index contributed by atoms with van der Waals surface area (Å²) in [5, 5.41) is 3.18. The topological polar surface area (TPSA) is 81.4 Å². The fraction of sp³-hybridized carbons (Fsp3) is 0.357. The van der Waals surface area contributed by atoms with Crippen LogP contribution in [0.3, 0.4) is 0 Å². The van der Waals surface area contributed by atoms with Gasteiger partial charge in [0.2, 0.25) is 0 Å². The molecule has 0 saturated heterocycles. The third-order valence-corrected chi connectivity index (χ3v) is 4.05. The Balaban J connectivity index is 2.21. The van der Waals surface area contributed by atoms with Crippen LogP contribution in [-0.2, 0) is 21.1 Å². The van der Waals surface area contributed by atoms with E-state index in [1.807, 2.05) is 0 Å². The van der Waals surface area contributed by atoms with Crippen molar-refractivity contribution in [2.75, 3.05) is 26.5 Å². The molecule has 0 saturated carbocycles. The zero-order chi connectivity index (χ0) is 15.3. The number of nitrogens with zero attached hydrogens (tertiary/aromatic N) is 1. The maximum absolute atomic E-state index is 11.6. The Labute approximate surface area is 124 Å². The number of hydrogen-bond acceptors (Lipinski definition) is 6. The molecule has 2 aromatic rings. The lowest BCUT2D eigenvalue weighted by atomic mass is 10.1. The van der Waals surface area contributed by atoms with E-state index in [4.69, 9.17) is 9.15 Å². The van der Waals surface area contributed by atoms with Crippen molar-refractivity contribution in [1.82, 2.24) is 10.3 Å². The first-order chi connectivity index (χ1) is 10.0. The van der Waals surface area contributed by atoms with E-state index in [2.05, 4.69) is 10.3 Å². The Morgan fingerprint density at radius 2 is 2.19 bits per heavy atom. The quantitative estimate of drug-likeness (QED) is 0.780. The highest BCUT2D eigenvalue weighted by Gasteiger charge is 2.13. The van der Waals surface area contributed by atoms with E-state index in [-0.39, 0.29) is 4.90 Å². The van der Waals surface area contributed by atoms with Gasteiger partial charge in [0.15, 0.2) is 22.0 Å². The second-order valence-electron chi connectivity index (χ2n) is 4.60. The molecule has 0 aliphatic carbocycles. The number of oxazole rings is 1. The lowest BCUT2D eigenvalue weighted by Crippen LogP contribution is -2.19. The van der Waals surface area contributed by atoms with Crippen LogP contribution in [-0.4, -0.2) is 39.9 Å². The first kappa shape index (κ1) is 15.7. The molecule has 0 radical (unpaired) electrons. The van der Waals surface area contributed by atoms with Crippen molar-refractivity contribution >= 4 is 9.84 Å². The van der Waals surface area contributed by atoms with Crippen LogP contribution in [0.25, 0.3) is 11.3 Å². The molecule has 7 heteroatoms. The van der Waals surface area contributed by atoms with E-state index in [0.29, 0.717) is 31.0 Å². The summed E-state index contributed by atoms with van der Waals surface area (Å²) in [6.07, 6.45) is 2.54. The molecule has 6 nitrogen and oxygen atoms in total. The SMILES string of the molecule is COCCNCc1ncoc1-c1cccc(S(C)(=O)=O)c1. The molecule has 0 aliphatic rings. The minimum atomic E-state index is -3.25. The van der Waals surface area contributed by atoms with Crippen LogP contribution < -0.4 is 5.32 Å². The van der Waals surface area contributed by atoms with Crippen molar-refractivity contribution in [3.8, 4) is 11.3 Å². The first-order valence-electron chi connectivity index (χ1n) is 6.45. The number of aromatic nitrogens is 1. The summed E-state index contributed by atoms with van der Waals surface area (Å²) in [6, 6.07) is 6.64. The Morgan fingerprint density at radius 1 is 1.38 bits per heavy atom. The largest absolute Gasteiger partial charge is 0.443 e. The summed E-state index contributed by atoms with van der Waals surface area (Å²) >= 11 is 0. The Bertz CT molecular complexity index is 695. The summed E-state index contributed by atoms with van der Waals surface area (Å²) < 4.78 is 33.6. The van der Waals surface area contributed by atoms with Gasteiger partial charge in [-0.25, -0.2) is 13.4 Å². The summed E-state index contributed by atoms with van der Waals surface area (Å²) in [4.78, 5) is 4.42. The molecule has 0 atom stereocenters. The fourth-order valence-electron chi connectivity index (χ4n) is 1.88. The summed E-state index contributed by atoms with van der Waals surface area (Å²) in [7, 11) is -1.61. The van der Waals surface area contributed by atoms with Crippen molar-refractivity contribution in [1.29, 1.82) is 0 Å². The van der Waals surface area contributed by atoms with Gasteiger partial charge in [0, 0.05) is 32.0 Å². The minimum Gasteiger partial charge on any atom is -0.443 e. The first-order valence-corrected chi connectivity index (χ1v) is 8.34. The van der Waals surface area contributed by atoms with Crippen molar-refractivity contribution in [2.24, 2.45) is 0 Å². The molecule has 0 amide bonds. The van der Waals surface area contributed by atoms with Gasteiger partial charge in [0.25, 0.3) is 0 Å². The van der Waals surface area contributed by atoms with Crippen molar-refractivity contribution in [2.45, 2.75) is 11.4 Å². The lowest BCUT2D eigenvalue weighted by molar-refractivity contribution is 0.199. The molecule has 0 unspecified atom stereocenters. The van der Waals surface area contributed by atoms with E-state index >= 15 is 0 Å². The van der Waals surface area contributed by atoms with Gasteiger partial charge in [-0.2, -0.15) is 0 Å².